The molecule has 1 heterocycles. The van der Waals surface area contributed by atoms with E-state index in [1.807, 2.05) is 0 Å². The molecule has 1 saturated carbocycles. The molecule has 0 bridgehead atoms. The second-order valence-corrected chi connectivity index (χ2v) is 6.14. The summed E-state index contributed by atoms with van der Waals surface area (Å²) in [6.07, 6.45) is 6.53. The fraction of sp³-hybridized carbons (Fsp3) is 0.812. The number of aromatic nitrogens is 2. The standard InChI is InChI=1S/C16H29N3/c1-4-13-6-7-14(11-17)15(9-13)10-16-8-12(3)18-19(16)5-2/h8,13-15H,4-7,9-11,17H2,1-3H3. The predicted molar refractivity (Wildman–Crippen MR) is 80.0 cm³/mol. The Morgan fingerprint density at radius 3 is 2.74 bits per heavy atom. The first-order chi connectivity index (χ1) is 9.17. The number of rotatable bonds is 5. The minimum atomic E-state index is 0.711. The van der Waals surface area contributed by atoms with Gasteiger partial charge in [-0.2, -0.15) is 5.10 Å². The molecule has 0 aliphatic heterocycles. The third-order valence-corrected chi connectivity index (χ3v) is 4.88. The van der Waals surface area contributed by atoms with Gasteiger partial charge < -0.3 is 5.73 Å². The molecule has 3 atom stereocenters. The van der Waals surface area contributed by atoms with Crippen molar-refractivity contribution in [3.8, 4) is 0 Å². The highest BCUT2D eigenvalue weighted by Gasteiger charge is 2.29. The van der Waals surface area contributed by atoms with Gasteiger partial charge in [-0.25, -0.2) is 0 Å². The highest BCUT2D eigenvalue weighted by Crippen LogP contribution is 2.36. The van der Waals surface area contributed by atoms with E-state index >= 15 is 0 Å². The van der Waals surface area contributed by atoms with E-state index in [0.717, 1.165) is 37.0 Å². The van der Waals surface area contributed by atoms with Crippen LogP contribution in [-0.2, 0) is 13.0 Å². The number of aryl methyl sites for hydroxylation is 2. The third kappa shape index (κ3) is 3.38. The smallest absolute Gasteiger partial charge is 0.0596 e. The SMILES string of the molecule is CCC1CCC(CN)C(Cc2cc(C)nn2CC)C1. The lowest BCUT2D eigenvalue weighted by molar-refractivity contribution is 0.177. The van der Waals surface area contributed by atoms with Crippen LogP contribution in [0, 0.1) is 24.7 Å². The topological polar surface area (TPSA) is 43.8 Å². The van der Waals surface area contributed by atoms with E-state index in [1.165, 1.54) is 31.4 Å². The molecule has 2 N–H and O–H groups in total. The Hall–Kier alpha value is -0.830. The van der Waals surface area contributed by atoms with Crippen LogP contribution in [0.5, 0.6) is 0 Å². The van der Waals surface area contributed by atoms with Crippen molar-refractivity contribution in [3.05, 3.63) is 17.5 Å². The van der Waals surface area contributed by atoms with Crippen molar-refractivity contribution in [3.63, 3.8) is 0 Å². The van der Waals surface area contributed by atoms with Gasteiger partial charge in [0.2, 0.25) is 0 Å². The largest absolute Gasteiger partial charge is 0.330 e. The molecule has 3 unspecified atom stereocenters. The Bertz CT molecular complexity index is 397. The zero-order valence-electron chi connectivity index (χ0n) is 12.7. The quantitative estimate of drug-likeness (QED) is 0.887. The van der Waals surface area contributed by atoms with E-state index in [0.29, 0.717) is 5.92 Å². The minimum Gasteiger partial charge on any atom is -0.330 e. The van der Waals surface area contributed by atoms with Gasteiger partial charge in [-0.1, -0.05) is 19.8 Å². The maximum Gasteiger partial charge on any atom is 0.0596 e. The van der Waals surface area contributed by atoms with E-state index in [-0.39, 0.29) is 0 Å². The van der Waals surface area contributed by atoms with Crippen molar-refractivity contribution in [2.75, 3.05) is 6.54 Å². The monoisotopic (exact) mass is 263 g/mol. The van der Waals surface area contributed by atoms with Gasteiger partial charge in [-0.15, -0.1) is 0 Å². The lowest BCUT2D eigenvalue weighted by atomic mass is 9.71. The molecule has 1 aromatic heterocycles. The number of nitrogens with two attached hydrogens (primary N) is 1. The lowest BCUT2D eigenvalue weighted by Crippen LogP contribution is -2.32. The van der Waals surface area contributed by atoms with Crippen molar-refractivity contribution < 1.29 is 0 Å². The fourth-order valence-electron chi connectivity index (χ4n) is 3.66. The minimum absolute atomic E-state index is 0.711. The van der Waals surface area contributed by atoms with Crippen LogP contribution < -0.4 is 5.73 Å². The maximum absolute atomic E-state index is 5.99. The van der Waals surface area contributed by atoms with Crippen LogP contribution in [-0.4, -0.2) is 16.3 Å². The summed E-state index contributed by atoms with van der Waals surface area (Å²) in [4.78, 5) is 0. The second kappa shape index (κ2) is 6.56. The molecule has 2 rings (SSSR count). The first-order valence-corrected chi connectivity index (χ1v) is 7.91. The zero-order valence-corrected chi connectivity index (χ0v) is 12.7. The van der Waals surface area contributed by atoms with Crippen LogP contribution in [0.4, 0.5) is 0 Å². The molecule has 3 nitrogen and oxygen atoms in total. The third-order valence-electron chi connectivity index (χ3n) is 4.88. The average molecular weight is 263 g/mol. The Morgan fingerprint density at radius 1 is 1.32 bits per heavy atom. The van der Waals surface area contributed by atoms with Gasteiger partial charge >= 0.3 is 0 Å². The molecule has 19 heavy (non-hydrogen) atoms. The van der Waals surface area contributed by atoms with Crippen molar-refractivity contribution in [2.45, 2.75) is 59.4 Å². The summed E-state index contributed by atoms with van der Waals surface area (Å²) in [5.41, 5.74) is 8.53. The Morgan fingerprint density at radius 2 is 2.11 bits per heavy atom. The summed E-state index contributed by atoms with van der Waals surface area (Å²) in [6, 6.07) is 2.26. The average Bonchev–Trinajstić information content (AvgIpc) is 2.78. The zero-order chi connectivity index (χ0) is 13.8. The maximum atomic E-state index is 5.99. The molecule has 0 spiro atoms. The molecule has 108 valence electrons. The van der Waals surface area contributed by atoms with E-state index in [4.69, 9.17) is 5.73 Å². The molecule has 0 saturated heterocycles. The van der Waals surface area contributed by atoms with E-state index in [2.05, 4.69) is 36.6 Å². The van der Waals surface area contributed by atoms with Crippen molar-refractivity contribution in [1.29, 1.82) is 0 Å². The fourth-order valence-corrected chi connectivity index (χ4v) is 3.66. The van der Waals surface area contributed by atoms with Gasteiger partial charge in [0.25, 0.3) is 0 Å². The summed E-state index contributed by atoms with van der Waals surface area (Å²) in [5.74, 6) is 2.38. The normalized spacial score (nSPS) is 27.7. The molecule has 3 heteroatoms. The summed E-state index contributed by atoms with van der Waals surface area (Å²) in [5, 5.41) is 4.57. The number of nitrogens with zero attached hydrogens (tertiary/aromatic N) is 2. The number of hydrogen-bond donors (Lipinski definition) is 1. The van der Waals surface area contributed by atoms with E-state index in [1.54, 1.807) is 0 Å². The van der Waals surface area contributed by atoms with Gasteiger partial charge in [-0.05, 0) is 63.5 Å². The van der Waals surface area contributed by atoms with Gasteiger partial charge in [-0.3, -0.25) is 4.68 Å². The van der Waals surface area contributed by atoms with Crippen molar-refractivity contribution in [2.24, 2.45) is 23.5 Å². The molecule has 1 aliphatic rings. The molecular weight excluding hydrogens is 234 g/mol. The Labute approximate surface area is 117 Å². The lowest BCUT2D eigenvalue weighted by Gasteiger charge is -2.35. The van der Waals surface area contributed by atoms with Crippen molar-refractivity contribution in [1.82, 2.24) is 9.78 Å². The predicted octanol–water partition coefficient (Wildman–Crippen LogP) is 3.16. The molecule has 1 fully saturated rings. The Balaban J connectivity index is 2.09. The van der Waals surface area contributed by atoms with E-state index in [9.17, 15) is 0 Å². The molecule has 1 aliphatic carbocycles. The molecule has 1 aromatic rings. The second-order valence-electron chi connectivity index (χ2n) is 6.14. The summed E-state index contributed by atoms with van der Waals surface area (Å²) < 4.78 is 2.17. The van der Waals surface area contributed by atoms with Gasteiger partial charge in [0.1, 0.15) is 0 Å². The van der Waals surface area contributed by atoms with Crippen LogP contribution in [0.1, 0.15) is 50.9 Å². The summed E-state index contributed by atoms with van der Waals surface area (Å²) >= 11 is 0. The van der Waals surface area contributed by atoms with Gasteiger partial charge in [0, 0.05) is 12.2 Å². The molecule has 0 amide bonds. The van der Waals surface area contributed by atoms with Crippen LogP contribution in [0.3, 0.4) is 0 Å². The highest BCUT2D eigenvalue weighted by molar-refractivity contribution is 5.10. The van der Waals surface area contributed by atoms with Crippen LogP contribution in [0.2, 0.25) is 0 Å². The van der Waals surface area contributed by atoms with Gasteiger partial charge in [0.05, 0.1) is 5.69 Å². The first kappa shape index (κ1) is 14.6. The van der Waals surface area contributed by atoms with Crippen LogP contribution in [0.25, 0.3) is 0 Å². The molecular formula is C16H29N3. The first-order valence-electron chi connectivity index (χ1n) is 7.91. The van der Waals surface area contributed by atoms with Crippen LogP contribution in [0.15, 0.2) is 6.07 Å². The Kier molecular flexibility index (Phi) is 5.03. The molecule has 0 radical (unpaired) electrons. The van der Waals surface area contributed by atoms with Crippen LogP contribution >= 0.6 is 0 Å². The molecule has 0 aromatic carbocycles. The van der Waals surface area contributed by atoms with E-state index < -0.39 is 0 Å². The van der Waals surface area contributed by atoms with Crippen molar-refractivity contribution >= 4 is 0 Å². The summed E-state index contributed by atoms with van der Waals surface area (Å²) in [6.45, 7) is 8.41. The summed E-state index contributed by atoms with van der Waals surface area (Å²) in [7, 11) is 0. The van der Waals surface area contributed by atoms with Gasteiger partial charge in [0.15, 0.2) is 0 Å². The highest BCUT2D eigenvalue weighted by atomic mass is 15.3. The number of hydrogen-bond acceptors (Lipinski definition) is 2.